The molecule has 4 aromatic rings. The van der Waals surface area contributed by atoms with Gasteiger partial charge < -0.3 is 0 Å². The quantitative estimate of drug-likeness (QED) is 0.337. The normalized spacial score (nSPS) is 11.4. The molecular weight excluding hydrogens is 348 g/mol. The highest BCUT2D eigenvalue weighted by molar-refractivity contribution is 5.77. The molecule has 0 nitrogen and oxygen atoms in total. The Morgan fingerprint density at radius 1 is 0.448 bits per heavy atom. The summed E-state index contributed by atoms with van der Waals surface area (Å²) >= 11 is 0. The van der Waals surface area contributed by atoms with Crippen molar-refractivity contribution in [3.8, 4) is 33.4 Å². The SMILES string of the molecule is Cc1cccc(-c2cccc(-c3cccc(-c4cccc(C(C)(C)C)c4)c3)c2)c1. The zero-order valence-electron chi connectivity index (χ0n) is 17.7. The molecule has 0 radical (unpaired) electrons. The summed E-state index contributed by atoms with van der Waals surface area (Å²) in [5.41, 5.74) is 10.3. The molecule has 0 atom stereocenters. The number of hydrogen-bond donors (Lipinski definition) is 0. The van der Waals surface area contributed by atoms with Crippen LogP contribution in [-0.4, -0.2) is 0 Å². The van der Waals surface area contributed by atoms with E-state index in [0.29, 0.717) is 0 Å². The van der Waals surface area contributed by atoms with Crippen molar-refractivity contribution in [2.75, 3.05) is 0 Å². The van der Waals surface area contributed by atoms with Crippen LogP contribution in [0, 0.1) is 6.92 Å². The lowest BCUT2D eigenvalue weighted by Crippen LogP contribution is -2.10. The molecule has 0 N–H and O–H groups in total. The molecule has 144 valence electrons. The van der Waals surface area contributed by atoms with Gasteiger partial charge in [0.1, 0.15) is 0 Å². The molecule has 0 bridgehead atoms. The van der Waals surface area contributed by atoms with E-state index in [1.54, 1.807) is 0 Å². The van der Waals surface area contributed by atoms with Crippen molar-refractivity contribution < 1.29 is 0 Å². The van der Waals surface area contributed by atoms with E-state index in [4.69, 9.17) is 0 Å². The Bertz CT molecular complexity index is 1140. The zero-order chi connectivity index (χ0) is 20.4. The third-order valence-corrected chi connectivity index (χ3v) is 5.47. The van der Waals surface area contributed by atoms with Crippen LogP contribution < -0.4 is 0 Å². The second-order valence-electron chi connectivity index (χ2n) is 8.86. The van der Waals surface area contributed by atoms with Gasteiger partial charge in [-0.05, 0) is 63.4 Å². The minimum atomic E-state index is 0.149. The van der Waals surface area contributed by atoms with Gasteiger partial charge in [0.25, 0.3) is 0 Å². The average molecular weight is 377 g/mol. The van der Waals surface area contributed by atoms with E-state index in [0.717, 1.165) is 0 Å². The Morgan fingerprint density at radius 2 is 0.828 bits per heavy atom. The summed E-state index contributed by atoms with van der Waals surface area (Å²) in [6.07, 6.45) is 0. The van der Waals surface area contributed by atoms with Gasteiger partial charge in [0, 0.05) is 0 Å². The second-order valence-corrected chi connectivity index (χ2v) is 8.86. The third kappa shape index (κ3) is 4.32. The first-order chi connectivity index (χ1) is 13.9. The molecule has 0 unspecified atom stereocenters. The molecule has 0 spiro atoms. The van der Waals surface area contributed by atoms with Crippen molar-refractivity contribution >= 4 is 0 Å². The monoisotopic (exact) mass is 376 g/mol. The average Bonchev–Trinajstić information content (AvgIpc) is 2.73. The highest BCUT2D eigenvalue weighted by Gasteiger charge is 2.14. The summed E-state index contributed by atoms with van der Waals surface area (Å²) in [5, 5.41) is 0. The van der Waals surface area contributed by atoms with Crippen molar-refractivity contribution in [2.45, 2.75) is 33.1 Å². The molecule has 0 fully saturated rings. The van der Waals surface area contributed by atoms with Crippen molar-refractivity contribution in [3.05, 3.63) is 108 Å². The first-order valence-electron chi connectivity index (χ1n) is 10.3. The van der Waals surface area contributed by atoms with E-state index >= 15 is 0 Å². The molecule has 0 heterocycles. The van der Waals surface area contributed by atoms with E-state index < -0.39 is 0 Å². The Kier molecular flexibility index (Phi) is 5.11. The smallest absolute Gasteiger partial charge is 0.0132 e. The summed E-state index contributed by atoms with van der Waals surface area (Å²) < 4.78 is 0. The number of benzene rings is 4. The molecule has 4 aromatic carbocycles. The fourth-order valence-corrected chi connectivity index (χ4v) is 3.75. The van der Waals surface area contributed by atoms with Crippen molar-refractivity contribution in [1.29, 1.82) is 0 Å². The molecule has 0 heteroatoms. The lowest BCUT2D eigenvalue weighted by Gasteiger charge is -2.20. The molecule has 0 aliphatic rings. The molecule has 0 saturated heterocycles. The summed E-state index contributed by atoms with van der Waals surface area (Å²) in [4.78, 5) is 0. The van der Waals surface area contributed by atoms with E-state index in [2.05, 4.69) is 125 Å². The van der Waals surface area contributed by atoms with Crippen LogP contribution in [0.3, 0.4) is 0 Å². The van der Waals surface area contributed by atoms with E-state index in [1.807, 2.05) is 0 Å². The molecule has 0 amide bonds. The Morgan fingerprint density at radius 3 is 1.28 bits per heavy atom. The maximum atomic E-state index is 2.32. The third-order valence-electron chi connectivity index (χ3n) is 5.47. The van der Waals surface area contributed by atoms with Gasteiger partial charge in [-0.2, -0.15) is 0 Å². The molecular formula is C29H28. The number of aryl methyl sites for hydroxylation is 1. The van der Waals surface area contributed by atoms with Crippen LogP contribution in [0.1, 0.15) is 31.9 Å². The summed E-state index contributed by atoms with van der Waals surface area (Å²) in [6, 6.07) is 35.3. The maximum Gasteiger partial charge on any atom is -0.0132 e. The first-order valence-corrected chi connectivity index (χ1v) is 10.3. The van der Waals surface area contributed by atoms with Crippen LogP contribution in [0.25, 0.3) is 33.4 Å². The highest BCUT2D eigenvalue weighted by Crippen LogP contribution is 2.32. The van der Waals surface area contributed by atoms with Crippen LogP contribution in [0.15, 0.2) is 97.1 Å². The minimum absolute atomic E-state index is 0.149. The second kappa shape index (κ2) is 7.72. The fraction of sp³-hybridized carbons (Fsp3) is 0.172. The maximum absolute atomic E-state index is 2.32. The van der Waals surface area contributed by atoms with Crippen molar-refractivity contribution in [1.82, 2.24) is 0 Å². The number of hydrogen-bond acceptors (Lipinski definition) is 0. The van der Waals surface area contributed by atoms with Gasteiger partial charge in [-0.15, -0.1) is 0 Å². The van der Waals surface area contributed by atoms with Crippen LogP contribution in [0.4, 0.5) is 0 Å². The molecule has 0 aromatic heterocycles. The van der Waals surface area contributed by atoms with Gasteiger partial charge >= 0.3 is 0 Å². The Labute approximate surface area is 174 Å². The van der Waals surface area contributed by atoms with Gasteiger partial charge in [-0.25, -0.2) is 0 Å². The van der Waals surface area contributed by atoms with Gasteiger partial charge in [-0.1, -0.05) is 111 Å². The Hall–Kier alpha value is -3.12. The summed E-state index contributed by atoms with van der Waals surface area (Å²) in [5.74, 6) is 0. The van der Waals surface area contributed by atoms with E-state index in [-0.39, 0.29) is 5.41 Å². The van der Waals surface area contributed by atoms with Crippen LogP contribution >= 0.6 is 0 Å². The zero-order valence-corrected chi connectivity index (χ0v) is 17.7. The lowest BCUT2D eigenvalue weighted by molar-refractivity contribution is 0.590. The van der Waals surface area contributed by atoms with Gasteiger partial charge in [0.05, 0.1) is 0 Å². The summed E-state index contributed by atoms with van der Waals surface area (Å²) in [7, 11) is 0. The molecule has 0 aliphatic carbocycles. The van der Waals surface area contributed by atoms with Gasteiger partial charge in [0.2, 0.25) is 0 Å². The Balaban J connectivity index is 1.73. The van der Waals surface area contributed by atoms with E-state index in [9.17, 15) is 0 Å². The topological polar surface area (TPSA) is 0 Å². The van der Waals surface area contributed by atoms with Crippen LogP contribution in [-0.2, 0) is 5.41 Å². The van der Waals surface area contributed by atoms with Gasteiger partial charge in [-0.3, -0.25) is 0 Å². The summed E-state index contributed by atoms with van der Waals surface area (Å²) in [6.45, 7) is 8.93. The fourth-order valence-electron chi connectivity index (χ4n) is 3.75. The van der Waals surface area contributed by atoms with Crippen molar-refractivity contribution in [3.63, 3.8) is 0 Å². The van der Waals surface area contributed by atoms with Crippen LogP contribution in [0.2, 0.25) is 0 Å². The molecule has 0 aliphatic heterocycles. The molecule has 0 saturated carbocycles. The van der Waals surface area contributed by atoms with Crippen LogP contribution in [0.5, 0.6) is 0 Å². The molecule has 4 rings (SSSR count). The van der Waals surface area contributed by atoms with Gasteiger partial charge in [0.15, 0.2) is 0 Å². The molecule has 29 heavy (non-hydrogen) atoms. The minimum Gasteiger partial charge on any atom is -0.0614 e. The lowest BCUT2D eigenvalue weighted by atomic mass is 9.85. The highest BCUT2D eigenvalue weighted by atomic mass is 14.2. The van der Waals surface area contributed by atoms with E-state index in [1.165, 1.54) is 44.5 Å². The predicted molar refractivity (Wildman–Crippen MR) is 126 cm³/mol. The largest absolute Gasteiger partial charge is 0.0614 e. The predicted octanol–water partition coefficient (Wildman–Crippen LogP) is 8.29. The van der Waals surface area contributed by atoms with Crippen molar-refractivity contribution in [2.24, 2.45) is 0 Å². The standard InChI is InChI=1S/C29H28/c1-21-9-5-10-22(17-21)23-11-6-12-24(18-23)25-13-7-14-26(19-25)27-15-8-16-28(20-27)29(2,3)4/h5-20H,1-4H3. The number of rotatable bonds is 3. The first kappa shape index (κ1) is 19.2.